The molecule has 0 saturated heterocycles. The van der Waals surface area contributed by atoms with Crippen molar-refractivity contribution < 1.29 is 9.47 Å². The number of imidazole rings is 1. The summed E-state index contributed by atoms with van der Waals surface area (Å²) in [7, 11) is 0. The summed E-state index contributed by atoms with van der Waals surface area (Å²) in [6.45, 7) is 1.17. The van der Waals surface area contributed by atoms with Crippen LogP contribution in [0.25, 0.3) is 0 Å². The Morgan fingerprint density at radius 1 is 1.23 bits per heavy atom. The van der Waals surface area contributed by atoms with E-state index in [-0.39, 0.29) is 6.29 Å². The SMILES string of the molecule is C1=CN(CCc2ccc3c(c2)OCO3)C(n2ccnc2)N=C1. The maximum atomic E-state index is 5.43. The Balaban J connectivity index is 1.46. The average molecular weight is 296 g/mol. The molecule has 2 aliphatic heterocycles. The van der Waals surface area contributed by atoms with E-state index in [2.05, 4.69) is 27.1 Å². The molecule has 0 N–H and O–H groups in total. The number of nitrogens with zero attached hydrogens (tertiary/aromatic N) is 4. The van der Waals surface area contributed by atoms with Crippen LogP contribution in [0.2, 0.25) is 0 Å². The van der Waals surface area contributed by atoms with Gasteiger partial charge in [0.15, 0.2) is 11.5 Å². The molecule has 0 aliphatic carbocycles. The van der Waals surface area contributed by atoms with Crippen molar-refractivity contribution in [3.63, 3.8) is 0 Å². The van der Waals surface area contributed by atoms with Crippen LogP contribution in [0, 0.1) is 0 Å². The molecule has 112 valence electrons. The highest BCUT2D eigenvalue weighted by Gasteiger charge is 2.18. The number of benzene rings is 1. The summed E-state index contributed by atoms with van der Waals surface area (Å²) in [5.74, 6) is 1.65. The van der Waals surface area contributed by atoms with Gasteiger partial charge in [0.2, 0.25) is 13.1 Å². The number of allylic oxidation sites excluding steroid dienone is 1. The van der Waals surface area contributed by atoms with E-state index in [1.165, 1.54) is 5.56 Å². The van der Waals surface area contributed by atoms with Gasteiger partial charge in [-0.25, -0.2) is 9.98 Å². The number of aromatic nitrogens is 2. The molecule has 1 atom stereocenters. The van der Waals surface area contributed by atoms with Gasteiger partial charge in [0, 0.05) is 31.4 Å². The van der Waals surface area contributed by atoms with Crippen molar-refractivity contribution in [1.29, 1.82) is 0 Å². The molecule has 3 heterocycles. The van der Waals surface area contributed by atoms with Crippen LogP contribution in [0.5, 0.6) is 11.5 Å². The van der Waals surface area contributed by atoms with Gasteiger partial charge in [-0.1, -0.05) is 6.07 Å². The number of hydrogen-bond acceptors (Lipinski definition) is 5. The molecule has 1 aromatic heterocycles. The summed E-state index contributed by atoms with van der Waals surface area (Å²) in [5.41, 5.74) is 1.22. The lowest BCUT2D eigenvalue weighted by molar-refractivity contribution is 0.174. The number of fused-ring (bicyclic) bond motifs is 1. The van der Waals surface area contributed by atoms with Crippen LogP contribution in [0.3, 0.4) is 0 Å². The van der Waals surface area contributed by atoms with Crippen LogP contribution in [0.1, 0.15) is 11.9 Å². The molecule has 1 unspecified atom stereocenters. The van der Waals surface area contributed by atoms with Crippen molar-refractivity contribution in [1.82, 2.24) is 14.5 Å². The maximum absolute atomic E-state index is 5.43. The fourth-order valence-electron chi connectivity index (χ4n) is 2.64. The van der Waals surface area contributed by atoms with E-state index in [1.807, 2.05) is 35.2 Å². The van der Waals surface area contributed by atoms with Gasteiger partial charge in [0.05, 0.1) is 6.33 Å². The molecule has 6 heteroatoms. The predicted molar refractivity (Wildman–Crippen MR) is 81.9 cm³/mol. The largest absolute Gasteiger partial charge is 0.454 e. The standard InChI is InChI=1S/C16H16N4O2/c1-5-18-16(20-9-6-17-11-20)19(7-1)8-4-13-2-3-14-15(10-13)22-12-21-14/h1-3,5-7,9-11,16H,4,8,12H2. The van der Waals surface area contributed by atoms with Gasteiger partial charge in [0.25, 0.3) is 0 Å². The molecule has 0 spiro atoms. The minimum Gasteiger partial charge on any atom is -0.454 e. The summed E-state index contributed by atoms with van der Waals surface area (Å²) >= 11 is 0. The van der Waals surface area contributed by atoms with Gasteiger partial charge >= 0.3 is 0 Å². The summed E-state index contributed by atoms with van der Waals surface area (Å²) < 4.78 is 12.8. The highest BCUT2D eigenvalue weighted by molar-refractivity contribution is 5.71. The minimum absolute atomic E-state index is 0.0680. The predicted octanol–water partition coefficient (Wildman–Crippen LogP) is 2.21. The van der Waals surface area contributed by atoms with E-state index in [4.69, 9.17) is 9.47 Å². The fourth-order valence-corrected chi connectivity index (χ4v) is 2.64. The lowest BCUT2D eigenvalue weighted by atomic mass is 10.1. The lowest BCUT2D eigenvalue weighted by Gasteiger charge is -2.30. The van der Waals surface area contributed by atoms with Crippen LogP contribution in [0.15, 0.2) is 54.2 Å². The fraction of sp³-hybridized carbons (Fsp3) is 0.250. The molecule has 1 aromatic carbocycles. The Morgan fingerprint density at radius 2 is 2.18 bits per heavy atom. The van der Waals surface area contributed by atoms with E-state index in [0.29, 0.717) is 6.79 Å². The number of hydrogen-bond donors (Lipinski definition) is 0. The van der Waals surface area contributed by atoms with Crippen LogP contribution in [0.4, 0.5) is 0 Å². The van der Waals surface area contributed by atoms with Crippen molar-refractivity contribution >= 4 is 6.21 Å². The van der Waals surface area contributed by atoms with E-state index in [0.717, 1.165) is 24.5 Å². The number of aliphatic imine (C=N–C) groups is 1. The molecule has 2 aromatic rings. The van der Waals surface area contributed by atoms with Gasteiger partial charge in [0.1, 0.15) is 0 Å². The van der Waals surface area contributed by atoms with Gasteiger partial charge in [-0.2, -0.15) is 0 Å². The normalized spacial score (nSPS) is 18.9. The summed E-state index contributed by atoms with van der Waals surface area (Å²) in [6.07, 6.45) is 12.1. The summed E-state index contributed by atoms with van der Waals surface area (Å²) in [5, 5.41) is 0. The molecule has 22 heavy (non-hydrogen) atoms. The van der Waals surface area contributed by atoms with Gasteiger partial charge in [-0.3, -0.25) is 4.57 Å². The zero-order valence-electron chi connectivity index (χ0n) is 12.0. The summed E-state index contributed by atoms with van der Waals surface area (Å²) in [4.78, 5) is 10.8. The van der Waals surface area contributed by atoms with Crippen LogP contribution < -0.4 is 9.47 Å². The smallest absolute Gasteiger partial charge is 0.231 e. The Kier molecular flexibility index (Phi) is 3.27. The van der Waals surface area contributed by atoms with Gasteiger partial charge in [-0.05, 0) is 30.2 Å². The number of rotatable bonds is 4. The minimum atomic E-state index is -0.0680. The second-order valence-electron chi connectivity index (χ2n) is 5.17. The monoisotopic (exact) mass is 296 g/mol. The van der Waals surface area contributed by atoms with Crippen LogP contribution >= 0.6 is 0 Å². The third kappa shape index (κ3) is 2.43. The molecule has 0 amide bonds. The topological polar surface area (TPSA) is 51.9 Å². The van der Waals surface area contributed by atoms with Gasteiger partial charge in [-0.15, -0.1) is 0 Å². The first kappa shape index (κ1) is 12.9. The second kappa shape index (κ2) is 5.55. The van der Waals surface area contributed by atoms with Crippen molar-refractivity contribution in [2.75, 3.05) is 13.3 Å². The van der Waals surface area contributed by atoms with Gasteiger partial charge < -0.3 is 14.4 Å². The first-order valence-corrected chi connectivity index (χ1v) is 7.22. The summed E-state index contributed by atoms with van der Waals surface area (Å²) in [6, 6.07) is 6.09. The molecular weight excluding hydrogens is 280 g/mol. The first-order chi connectivity index (χ1) is 10.9. The first-order valence-electron chi connectivity index (χ1n) is 7.22. The molecule has 0 bridgehead atoms. The molecule has 2 aliphatic rings. The molecular formula is C16H16N4O2. The number of ether oxygens (including phenoxy) is 2. The highest BCUT2D eigenvalue weighted by atomic mass is 16.7. The molecule has 0 saturated carbocycles. The molecule has 6 nitrogen and oxygen atoms in total. The lowest BCUT2D eigenvalue weighted by Crippen LogP contribution is -2.30. The van der Waals surface area contributed by atoms with E-state index in [9.17, 15) is 0 Å². The Morgan fingerprint density at radius 3 is 3.09 bits per heavy atom. The van der Waals surface area contributed by atoms with E-state index < -0.39 is 0 Å². The Bertz CT molecular complexity index is 709. The van der Waals surface area contributed by atoms with Crippen molar-refractivity contribution in [3.05, 3.63) is 54.8 Å². The van der Waals surface area contributed by atoms with Crippen LogP contribution in [-0.4, -0.2) is 34.0 Å². The second-order valence-corrected chi connectivity index (χ2v) is 5.17. The van der Waals surface area contributed by atoms with Crippen molar-refractivity contribution in [3.8, 4) is 11.5 Å². The zero-order valence-corrected chi connectivity index (χ0v) is 12.0. The Labute approximate surface area is 128 Å². The van der Waals surface area contributed by atoms with Crippen LogP contribution in [-0.2, 0) is 6.42 Å². The third-order valence-corrected chi connectivity index (χ3v) is 3.77. The van der Waals surface area contributed by atoms with E-state index >= 15 is 0 Å². The highest BCUT2D eigenvalue weighted by Crippen LogP contribution is 2.32. The third-order valence-electron chi connectivity index (χ3n) is 3.77. The average Bonchev–Trinajstić information content (AvgIpc) is 3.24. The Hall–Kier alpha value is -2.76. The molecule has 0 fully saturated rings. The molecule has 0 radical (unpaired) electrons. The molecule has 4 rings (SSSR count). The van der Waals surface area contributed by atoms with E-state index in [1.54, 1.807) is 12.5 Å². The zero-order chi connectivity index (χ0) is 14.8. The van der Waals surface area contributed by atoms with Crippen molar-refractivity contribution in [2.24, 2.45) is 4.99 Å². The quantitative estimate of drug-likeness (QED) is 0.868. The maximum Gasteiger partial charge on any atom is 0.231 e. The van der Waals surface area contributed by atoms with Crippen molar-refractivity contribution in [2.45, 2.75) is 12.7 Å².